The Morgan fingerprint density at radius 2 is 1.88 bits per heavy atom. The largest absolute Gasteiger partial charge is 0.480 e. The molecule has 0 aliphatic heterocycles. The lowest BCUT2D eigenvalue weighted by Crippen LogP contribution is -2.48. The van der Waals surface area contributed by atoms with Gasteiger partial charge in [-0.15, -0.1) is 11.3 Å². The molecule has 1 aliphatic carbocycles. The molecule has 3 rings (SSSR count). The van der Waals surface area contributed by atoms with E-state index in [2.05, 4.69) is 24.1 Å². The van der Waals surface area contributed by atoms with Gasteiger partial charge >= 0.3 is 12.0 Å². The predicted octanol–water partition coefficient (Wildman–Crippen LogP) is 4.29. The van der Waals surface area contributed by atoms with Crippen molar-refractivity contribution in [3.05, 3.63) is 41.5 Å². The molecule has 0 spiro atoms. The molecular formula is C25H34N4O4S. The molecule has 9 heteroatoms. The van der Waals surface area contributed by atoms with Crippen LogP contribution in [-0.2, 0) is 11.2 Å². The lowest BCUT2D eigenvalue weighted by molar-refractivity contribution is -0.145. The van der Waals surface area contributed by atoms with Crippen molar-refractivity contribution >= 4 is 34.2 Å². The average molecular weight is 487 g/mol. The van der Waals surface area contributed by atoms with Crippen LogP contribution < -0.4 is 16.8 Å². The van der Waals surface area contributed by atoms with Crippen molar-refractivity contribution in [2.75, 3.05) is 11.9 Å². The second-order valence-electron chi connectivity index (χ2n) is 9.32. The Kier molecular flexibility index (Phi) is 8.68. The summed E-state index contributed by atoms with van der Waals surface area (Å²) in [6, 6.07) is 8.66. The monoisotopic (exact) mass is 486 g/mol. The number of urea groups is 1. The number of nitrogens with zero attached hydrogens (tertiary/aromatic N) is 1. The summed E-state index contributed by atoms with van der Waals surface area (Å²) in [6.07, 6.45) is 5.73. The number of nitrogens with one attached hydrogen (secondary N) is 1. The fraction of sp³-hybridized carbons (Fsp3) is 0.480. The number of thiophene rings is 1. The first-order valence-corrected chi connectivity index (χ1v) is 12.5. The molecule has 3 amide bonds. The smallest absolute Gasteiger partial charge is 0.320 e. The minimum atomic E-state index is -0.758. The van der Waals surface area contributed by atoms with E-state index in [1.807, 2.05) is 24.3 Å². The van der Waals surface area contributed by atoms with Gasteiger partial charge in [-0.05, 0) is 48.8 Å². The van der Waals surface area contributed by atoms with Crippen molar-refractivity contribution in [1.29, 1.82) is 0 Å². The Hall–Kier alpha value is -2.91. The molecule has 34 heavy (non-hydrogen) atoms. The van der Waals surface area contributed by atoms with Gasteiger partial charge in [-0.25, -0.2) is 4.79 Å². The Morgan fingerprint density at radius 3 is 2.47 bits per heavy atom. The average Bonchev–Trinajstić information content (AvgIpc) is 3.43. The van der Waals surface area contributed by atoms with Crippen LogP contribution >= 0.6 is 11.3 Å². The summed E-state index contributed by atoms with van der Waals surface area (Å²) in [5, 5.41) is 12.7. The number of hydrogen-bond acceptors (Lipinski definition) is 5. The number of carboxylic acid groups (broad SMARTS) is 1. The van der Waals surface area contributed by atoms with Crippen LogP contribution in [0.5, 0.6) is 0 Å². The zero-order valence-electron chi connectivity index (χ0n) is 19.8. The third-order valence-electron chi connectivity index (χ3n) is 6.28. The maximum absolute atomic E-state index is 12.1. The van der Waals surface area contributed by atoms with Crippen LogP contribution in [0.4, 0.5) is 9.80 Å². The number of anilines is 1. The SMILES string of the molecule is CC(C)C[C@@H](C(=O)O)N(CCc1cccc(-c2cc(C(N)=O)c(NC(N)=O)s2)c1)C1CCCC1. The number of benzene rings is 1. The number of carboxylic acids is 1. The zero-order valence-corrected chi connectivity index (χ0v) is 20.6. The third-order valence-corrected chi connectivity index (χ3v) is 7.38. The molecule has 0 saturated heterocycles. The minimum Gasteiger partial charge on any atom is -0.480 e. The molecule has 1 atom stereocenters. The van der Waals surface area contributed by atoms with Gasteiger partial charge < -0.3 is 16.6 Å². The Balaban J connectivity index is 1.81. The summed E-state index contributed by atoms with van der Waals surface area (Å²) in [5.74, 6) is -1.09. The molecule has 6 N–H and O–H groups in total. The van der Waals surface area contributed by atoms with Crippen molar-refractivity contribution in [1.82, 2.24) is 4.90 Å². The Labute approximate surface area is 204 Å². The molecule has 1 saturated carbocycles. The van der Waals surface area contributed by atoms with Crippen LogP contribution in [0.3, 0.4) is 0 Å². The summed E-state index contributed by atoms with van der Waals surface area (Å²) in [6.45, 7) is 4.80. The fourth-order valence-corrected chi connectivity index (χ4v) is 5.78. The lowest BCUT2D eigenvalue weighted by atomic mass is 9.99. The molecule has 2 aromatic rings. The van der Waals surface area contributed by atoms with E-state index in [-0.39, 0.29) is 5.56 Å². The summed E-state index contributed by atoms with van der Waals surface area (Å²) in [5.41, 5.74) is 12.9. The van der Waals surface area contributed by atoms with E-state index in [1.54, 1.807) is 6.07 Å². The first-order valence-electron chi connectivity index (χ1n) is 11.7. The molecule has 1 aromatic heterocycles. The first kappa shape index (κ1) is 25.7. The minimum absolute atomic E-state index is 0.217. The van der Waals surface area contributed by atoms with Crippen LogP contribution in [0, 0.1) is 5.92 Å². The number of primary amides is 2. The van der Waals surface area contributed by atoms with Gasteiger partial charge in [0.05, 0.1) is 5.56 Å². The van der Waals surface area contributed by atoms with Crippen LogP contribution in [0.2, 0.25) is 0 Å². The molecule has 0 bridgehead atoms. The van der Waals surface area contributed by atoms with Crippen LogP contribution in [0.25, 0.3) is 10.4 Å². The van der Waals surface area contributed by atoms with Gasteiger partial charge in [0.1, 0.15) is 11.0 Å². The molecule has 1 aromatic carbocycles. The van der Waals surface area contributed by atoms with Crippen molar-refractivity contribution in [2.45, 2.75) is 64.5 Å². The first-order chi connectivity index (χ1) is 16.2. The van der Waals surface area contributed by atoms with E-state index >= 15 is 0 Å². The number of hydrogen-bond donors (Lipinski definition) is 4. The molecule has 184 valence electrons. The number of aliphatic carboxylic acids is 1. The highest BCUT2D eigenvalue weighted by atomic mass is 32.1. The van der Waals surface area contributed by atoms with Crippen molar-refractivity contribution in [2.24, 2.45) is 17.4 Å². The number of amides is 3. The predicted molar refractivity (Wildman–Crippen MR) is 135 cm³/mol. The molecule has 1 fully saturated rings. The maximum Gasteiger partial charge on any atom is 0.320 e. The Morgan fingerprint density at radius 1 is 1.18 bits per heavy atom. The van der Waals surface area contributed by atoms with E-state index in [4.69, 9.17) is 11.5 Å². The van der Waals surface area contributed by atoms with Gasteiger partial charge in [-0.2, -0.15) is 0 Å². The summed E-state index contributed by atoms with van der Waals surface area (Å²) < 4.78 is 0. The van der Waals surface area contributed by atoms with E-state index in [9.17, 15) is 19.5 Å². The normalized spacial score (nSPS) is 15.1. The highest BCUT2D eigenvalue weighted by Gasteiger charge is 2.33. The van der Waals surface area contributed by atoms with E-state index < -0.39 is 23.9 Å². The van der Waals surface area contributed by atoms with Crippen LogP contribution in [0.15, 0.2) is 30.3 Å². The topological polar surface area (TPSA) is 139 Å². The van der Waals surface area contributed by atoms with E-state index in [0.717, 1.165) is 41.7 Å². The highest BCUT2D eigenvalue weighted by molar-refractivity contribution is 7.20. The van der Waals surface area contributed by atoms with Crippen LogP contribution in [0.1, 0.15) is 61.9 Å². The van der Waals surface area contributed by atoms with Gasteiger partial charge in [0.25, 0.3) is 5.91 Å². The molecular weight excluding hydrogens is 452 g/mol. The molecule has 0 unspecified atom stereocenters. The van der Waals surface area contributed by atoms with Crippen molar-refractivity contribution < 1.29 is 19.5 Å². The number of rotatable bonds is 11. The number of carbonyl (C=O) groups excluding carboxylic acids is 2. The second kappa shape index (κ2) is 11.5. The molecule has 1 heterocycles. The van der Waals surface area contributed by atoms with E-state index in [1.165, 1.54) is 11.3 Å². The molecule has 8 nitrogen and oxygen atoms in total. The molecule has 1 aliphatic rings. The van der Waals surface area contributed by atoms with Gasteiger partial charge in [-0.3, -0.25) is 19.8 Å². The standard InChI is InChI=1S/C25H34N4O4S/c1-15(2)12-20(24(31)32)29(18-8-3-4-9-18)11-10-16-6-5-7-17(13-16)21-14-19(22(26)30)23(34-21)28-25(27)33/h5-7,13-15,18,20H,3-4,8-12H2,1-2H3,(H2,26,30)(H,31,32)(H3,27,28,33)/t20-/m0/s1. The second-order valence-corrected chi connectivity index (χ2v) is 10.4. The highest BCUT2D eigenvalue weighted by Crippen LogP contribution is 2.36. The fourth-order valence-electron chi connectivity index (χ4n) is 4.71. The van der Waals surface area contributed by atoms with Gasteiger partial charge in [-0.1, -0.05) is 51.0 Å². The quantitative estimate of drug-likeness (QED) is 0.375. The molecule has 0 radical (unpaired) electrons. The third kappa shape index (κ3) is 6.57. The Bertz CT molecular complexity index is 1030. The number of nitrogens with two attached hydrogens (primary N) is 2. The maximum atomic E-state index is 12.1. The lowest BCUT2D eigenvalue weighted by Gasteiger charge is -2.35. The zero-order chi connectivity index (χ0) is 24.8. The summed E-state index contributed by atoms with van der Waals surface area (Å²) in [4.78, 5) is 38.2. The van der Waals surface area contributed by atoms with Gasteiger partial charge in [0, 0.05) is 17.5 Å². The van der Waals surface area contributed by atoms with Gasteiger partial charge in [0.2, 0.25) is 0 Å². The summed E-state index contributed by atoms with van der Waals surface area (Å²) >= 11 is 1.24. The summed E-state index contributed by atoms with van der Waals surface area (Å²) in [7, 11) is 0. The van der Waals surface area contributed by atoms with E-state index in [0.29, 0.717) is 36.3 Å². The number of carbonyl (C=O) groups is 3. The van der Waals surface area contributed by atoms with Crippen molar-refractivity contribution in [3.8, 4) is 10.4 Å². The van der Waals surface area contributed by atoms with Crippen molar-refractivity contribution in [3.63, 3.8) is 0 Å². The van der Waals surface area contributed by atoms with Gasteiger partial charge in [0.15, 0.2) is 0 Å². The van der Waals surface area contributed by atoms with Crippen LogP contribution in [-0.4, -0.2) is 46.5 Å².